The van der Waals surface area contributed by atoms with E-state index in [4.69, 9.17) is 10.0 Å². The zero-order chi connectivity index (χ0) is 14.1. The summed E-state index contributed by atoms with van der Waals surface area (Å²) in [5.41, 5.74) is 2.32. The summed E-state index contributed by atoms with van der Waals surface area (Å²) in [5.74, 6) is -0.432. The number of hydrogen-bond donors (Lipinski definition) is 2. The Balaban J connectivity index is 1.75. The van der Waals surface area contributed by atoms with Crippen LogP contribution in [0.4, 0.5) is 4.39 Å². The van der Waals surface area contributed by atoms with Crippen LogP contribution in [-0.2, 0) is 19.5 Å². The fourth-order valence-electron chi connectivity index (χ4n) is 2.62. The molecule has 0 bridgehead atoms. The van der Waals surface area contributed by atoms with Gasteiger partial charge < -0.3 is 10.0 Å². The fourth-order valence-corrected chi connectivity index (χ4v) is 3.51. The predicted octanol–water partition coefficient (Wildman–Crippen LogP) is 1.13. The van der Waals surface area contributed by atoms with Crippen LogP contribution in [0, 0.1) is 5.82 Å². The summed E-state index contributed by atoms with van der Waals surface area (Å²) in [6.07, 6.45) is 1.03. The van der Waals surface area contributed by atoms with Gasteiger partial charge in [-0.15, -0.1) is 11.3 Å². The standard InChI is InChI=1S/C14H15BFNO2S/c16-13-6-10(5-12(7-13)15(18)19)8-17-3-1-14-11(9-17)2-4-20-14/h2,4-7,18-19H,1,3,8-9H2. The first-order chi connectivity index (χ1) is 9.61. The highest BCUT2D eigenvalue weighted by molar-refractivity contribution is 7.10. The van der Waals surface area contributed by atoms with E-state index >= 15 is 0 Å². The molecule has 1 aromatic heterocycles. The highest BCUT2D eigenvalue weighted by atomic mass is 32.1. The molecule has 1 aliphatic rings. The molecule has 0 saturated heterocycles. The highest BCUT2D eigenvalue weighted by Gasteiger charge is 2.19. The molecule has 6 heteroatoms. The van der Waals surface area contributed by atoms with Gasteiger partial charge in [0.25, 0.3) is 0 Å². The van der Waals surface area contributed by atoms with Crippen molar-refractivity contribution in [3.8, 4) is 0 Å². The number of benzene rings is 1. The van der Waals surface area contributed by atoms with Gasteiger partial charge in [0, 0.05) is 24.5 Å². The van der Waals surface area contributed by atoms with Crippen molar-refractivity contribution in [2.75, 3.05) is 6.54 Å². The molecule has 2 N–H and O–H groups in total. The van der Waals surface area contributed by atoms with Crippen molar-refractivity contribution in [1.29, 1.82) is 0 Å². The normalized spacial score (nSPS) is 15.2. The smallest absolute Gasteiger partial charge is 0.423 e. The second-order valence-corrected chi connectivity index (χ2v) is 6.10. The first kappa shape index (κ1) is 13.8. The molecule has 1 aromatic carbocycles. The molecule has 0 radical (unpaired) electrons. The third kappa shape index (κ3) is 2.93. The average molecular weight is 291 g/mol. The monoisotopic (exact) mass is 291 g/mol. The first-order valence-electron chi connectivity index (χ1n) is 6.55. The number of halogens is 1. The lowest BCUT2D eigenvalue weighted by Crippen LogP contribution is -2.32. The maximum Gasteiger partial charge on any atom is 0.488 e. The van der Waals surface area contributed by atoms with Gasteiger partial charge in [-0.25, -0.2) is 4.39 Å². The summed E-state index contributed by atoms with van der Waals surface area (Å²) in [6, 6.07) is 6.40. The molecule has 0 atom stereocenters. The molecule has 104 valence electrons. The molecule has 0 saturated carbocycles. The highest BCUT2D eigenvalue weighted by Crippen LogP contribution is 2.24. The molecular formula is C14H15BFNO2S. The molecule has 0 fully saturated rings. The van der Waals surface area contributed by atoms with Crippen molar-refractivity contribution >= 4 is 23.9 Å². The summed E-state index contributed by atoms with van der Waals surface area (Å²) < 4.78 is 13.5. The van der Waals surface area contributed by atoms with Gasteiger partial charge >= 0.3 is 7.12 Å². The Morgan fingerprint density at radius 2 is 2.15 bits per heavy atom. The molecule has 1 aliphatic heterocycles. The number of rotatable bonds is 3. The zero-order valence-electron chi connectivity index (χ0n) is 10.9. The number of thiophene rings is 1. The summed E-state index contributed by atoms with van der Waals surface area (Å²) in [6.45, 7) is 2.43. The van der Waals surface area contributed by atoms with Crippen LogP contribution in [0.25, 0.3) is 0 Å². The minimum Gasteiger partial charge on any atom is -0.423 e. The Hall–Kier alpha value is -1.21. The van der Waals surface area contributed by atoms with Crippen molar-refractivity contribution < 1.29 is 14.4 Å². The van der Waals surface area contributed by atoms with E-state index < -0.39 is 12.9 Å². The molecular weight excluding hydrogens is 276 g/mol. The van der Waals surface area contributed by atoms with Crippen molar-refractivity contribution in [1.82, 2.24) is 4.90 Å². The fraction of sp³-hybridized carbons (Fsp3) is 0.286. The lowest BCUT2D eigenvalue weighted by atomic mass is 9.79. The molecule has 0 aliphatic carbocycles. The number of fused-ring (bicyclic) bond motifs is 1. The van der Waals surface area contributed by atoms with E-state index in [9.17, 15) is 4.39 Å². The van der Waals surface area contributed by atoms with Gasteiger partial charge in [0.05, 0.1) is 0 Å². The van der Waals surface area contributed by atoms with Gasteiger partial charge in [-0.1, -0.05) is 6.07 Å². The number of hydrogen-bond acceptors (Lipinski definition) is 4. The molecule has 2 aromatic rings. The van der Waals surface area contributed by atoms with Gasteiger partial charge in [0.1, 0.15) is 5.82 Å². The maximum atomic E-state index is 13.5. The van der Waals surface area contributed by atoms with Gasteiger partial charge in [-0.05, 0) is 46.6 Å². The van der Waals surface area contributed by atoms with Gasteiger partial charge in [0.15, 0.2) is 0 Å². The molecule has 0 unspecified atom stereocenters. The minimum atomic E-state index is -1.63. The van der Waals surface area contributed by atoms with Gasteiger partial charge in [-0.2, -0.15) is 0 Å². The van der Waals surface area contributed by atoms with Crippen molar-refractivity contribution in [2.24, 2.45) is 0 Å². The summed E-state index contributed by atoms with van der Waals surface area (Å²) in [5, 5.41) is 20.4. The van der Waals surface area contributed by atoms with Crippen LogP contribution in [0.2, 0.25) is 0 Å². The lowest BCUT2D eigenvalue weighted by molar-refractivity contribution is 0.247. The largest absolute Gasteiger partial charge is 0.488 e. The third-order valence-electron chi connectivity index (χ3n) is 3.57. The van der Waals surface area contributed by atoms with Crippen LogP contribution >= 0.6 is 11.3 Å². The Bertz CT molecular complexity index is 617. The van der Waals surface area contributed by atoms with Crippen LogP contribution in [0.5, 0.6) is 0 Å². The average Bonchev–Trinajstić information content (AvgIpc) is 2.85. The summed E-state index contributed by atoms with van der Waals surface area (Å²) in [4.78, 5) is 3.68. The lowest BCUT2D eigenvalue weighted by Gasteiger charge is -2.27. The summed E-state index contributed by atoms with van der Waals surface area (Å²) >= 11 is 1.79. The van der Waals surface area contributed by atoms with E-state index in [1.807, 2.05) is 0 Å². The van der Waals surface area contributed by atoms with Crippen LogP contribution in [-0.4, -0.2) is 28.6 Å². The number of nitrogens with zero attached hydrogens (tertiary/aromatic N) is 1. The van der Waals surface area contributed by atoms with Crippen LogP contribution in [0.15, 0.2) is 29.6 Å². The predicted molar refractivity (Wildman–Crippen MR) is 78.4 cm³/mol. The minimum absolute atomic E-state index is 0.202. The van der Waals surface area contributed by atoms with E-state index in [1.54, 1.807) is 17.4 Å². The van der Waals surface area contributed by atoms with Crippen LogP contribution in [0.1, 0.15) is 16.0 Å². The third-order valence-corrected chi connectivity index (χ3v) is 4.59. The van der Waals surface area contributed by atoms with Crippen molar-refractivity contribution in [3.05, 3.63) is 51.5 Å². The van der Waals surface area contributed by atoms with Crippen molar-refractivity contribution in [2.45, 2.75) is 19.5 Å². The van der Waals surface area contributed by atoms with Crippen molar-refractivity contribution in [3.63, 3.8) is 0 Å². The quantitative estimate of drug-likeness (QED) is 0.833. The Morgan fingerprint density at radius 1 is 1.30 bits per heavy atom. The van der Waals surface area contributed by atoms with E-state index in [-0.39, 0.29) is 5.46 Å². The van der Waals surface area contributed by atoms with Crippen LogP contribution < -0.4 is 5.46 Å². The Labute approximate surface area is 121 Å². The SMILES string of the molecule is OB(O)c1cc(F)cc(CN2CCc3sccc3C2)c1. The van der Waals surface area contributed by atoms with E-state index in [0.29, 0.717) is 6.54 Å². The molecule has 2 heterocycles. The van der Waals surface area contributed by atoms with E-state index in [2.05, 4.69) is 16.3 Å². The molecule has 0 spiro atoms. The molecule has 0 amide bonds. The van der Waals surface area contributed by atoms with E-state index in [1.165, 1.54) is 16.5 Å². The molecule has 3 nitrogen and oxygen atoms in total. The second-order valence-electron chi connectivity index (χ2n) is 5.10. The first-order valence-corrected chi connectivity index (χ1v) is 7.43. The summed E-state index contributed by atoms with van der Waals surface area (Å²) in [7, 11) is -1.63. The molecule has 20 heavy (non-hydrogen) atoms. The Kier molecular flexibility index (Phi) is 3.89. The second kappa shape index (κ2) is 5.65. The topological polar surface area (TPSA) is 43.7 Å². The zero-order valence-corrected chi connectivity index (χ0v) is 11.7. The maximum absolute atomic E-state index is 13.5. The molecule has 3 rings (SSSR count). The van der Waals surface area contributed by atoms with E-state index in [0.717, 1.165) is 31.1 Å². The van der Waals surface area contributed by atoms with Gasteiger partial charge in [-0.3, -0.25) is 4.90 Å². The van der Waals surface area contributed by atoms with Gasteiger partial charge in [0.2, 0.25) is 0 Å². The van der Waals surface area contributed by atoms with Crippen LogP contribution in [0.3, 0.4) is 0 Å². The Morgan fingerprint density at radius 3 is 2.95 bits per heavy atom.